The van der Waals surface area contributed by atoms with Crippen molar-refractivity contribution in [3.05, 3.63) is 29.8 Å². The van der Waals surface area contributed by atoms with Gasteiger partial charge in [0.15, 0.2) is 0 Å². The van der Waals surface area contributed by atoms with E-state index in [1.54, 1.807) is 12.1 Å². The van der Waals surface area contributed by atoms with E-state index in [9.17, 15) is 0 Å². The van der Waals surface area contributed by atoms with Gasteiger partial charge in [0.05, 0.1) is 6.61 Å². The highest BCUT2D eigenvalue weighted by atomic mass is 16.5. The SMILES string of the molecule is CCC(C)COCCc1ccc(O)cc1. The molecule has 1 aromatic carbocycles. The summed E-state index contributed by atoms with van der Waals surface area (Å²) in [5.41, 5.74) is 1.21. The lowest BCUT2D eigenvalue weighted by atomic mass is 10.1. The van der Waals surface area contributed by atoms with Gasteiger partial charge in [0.2, 0.25) is 0 Å². The van der Waals surface area contributed by atoms with Crippen LogP contribution in [0.1, 0.15) is 25.8 Å². The Morgan fingerprint density at radius 1 is 1.27 bits per heavy atom. The molecule has 0 aromatic heterocycles. The third-order valence-electron chi connectivity index (χ3n) is 2.57. The minimum Gasteiger partial charge on any atom is -0.508 e. The van der Waals surface area contributed by atoms with Crippen molar-refractivity contribution in [1.82, 2.24) is 0 Å². The van der Waals surface area contributed by atoms with Crippen molar-refractivity contribution in [2.75, 3.05) is 13.2 Å². The summed E-state index contributed by atoms with van der Waals surface area (Å²) in [4.78, 5) is 0. The number of phenols is 1. The Hall–Kier alpha value is -1.02. The molecule has 0 amide bonds. The quantitative estimate of drug-likeness (QED) is 0.728. The van der Waals surface area contributed by atoms with E-state index in [0.29, 0.717) is 11.7 Å². The second kappa shape index (κ2) is 6.46. The Morgan fingerprint density at radius 2 is 1.93 bits per heavy atom. The monoisotopic (exact) mass is 208 g/mol. The third kappa shape index (κ3) is 4.84. The number of hydrogen-bond acceptors (Lipinski definition) is 2. The number of benzene rings is 1. The lowest BCUT2D eigenvalue weighted by Gasteiger charge is -2.09. The summed E-state index contributed by atoms with van der Waals surface area (Å²) in [6, 6.07) is 7.29. The van der Waals surface area contributed by atoms with E-state index in [1.165, 1.54) is 12.0 Å². The van der Waals surface area contributed by atoms with Crippen molar-refractivity contribution in [2.45, 2.75) is 26.7 Å². The van der Waals surface area contributed by atoms with Crippen LogP contribution in [-0.4, -0.2) is 18.3 Å². The van der Waals surface area contributed by atoms with Gasteiger partial charge in [-0.25, -0.2) is 0 Å². The molecule has 0 radical (unpaired) electrons. The van der Waals surface area contributed by atoms with Crippen molar-refractivity contribution in [2.24, 2.45) is 5.92 Å². The Morgan fingerprint density at radius 3 is 2.53 bits per heavy atom. The average Bonchev–Trinajstić information content (AvgIpc) is 2.26. The molecular weight excluding hydrogens is 188 g/mol. The van der Waals surface area contributed by atoms with Gasteiger partial charge >= 0.3 is 0 Å². The predicted molar refractivity (Wildman–Crippen MR) is 62.1 cm³/mol. The zero-order chi connectivity index (χ0) is 11.1. The molecule has 0 saturated heterocycles. The van der Waals surface area contributed by atoms with Gasteiger partial charge in [-0.05, 0) is 30.0 Å². The standard InChI is InChI=1S/C13H20O2/c1-3-11(2)10-15-9-8-12-4-6-13(14)7-5-12/h4-7,11,14H,3,8-10H2,1-2H3. The highest BCUT2D eigenvalue weighted by Gasteiger charge is 1.98. The fourth-order valence-electron chi connectivity index (χ4n) is 1.26. The first kappa shape index (κ1) is 12.1. The molecule has 0 heterocycles. The minimum absolute atomic E-state index is 0.319. The van der Waals surface area contributed by atoms with E-state index in [0.717, 1.165) is 19.6 Å². The predicted octanol–water partition coefficient (Wildman–Crippen LogP) is 3.00. The molecular formula is C13H20O2. The van der Waals surface area contributed by atoms with Gasteiger partial charge < -0.3 is 9.84 Å². The van der Waals surface area contributed by atoms with Crippen molar-refractivity contribution < 1.29 is 9.84 Å². The molecule has 2 nitrogen and oxygen atoms in total. The zero-order valence-corrected chi connectivity index (χ0v) is 9.57. The van der Waals surface area contributed by atoms with Crippen LogP contribution in [0.25, 0.3) is 0 Å². The molecule has 84 valence electrons. The van der Waals surface area contributed by atoms with Crippen molar-refractivity contribution in [3.8, 4) is 5.75 Å². The van der Waals surface area contributed by atoms with E-state index in [1.807, 2.05) is 12.1 Å². The largest absolute Gasteiger partial charge is 0.508 e. The van der Waals surface area contributed by atoms with Crippen LogP contribution in [0.2, 0.25) is 0 Å². The Kier molecular flexibility index (Phi) is 5.19. The Labute approximate surface area is 91.9 Å². The van der Waals surface area contributed by atoms with Gasteiger partial charge in [0.1, 0.15) is 5.75 Å². The van der Waals surface area contributed by atoms with Gasteiger partial charge in [-0.1, -0.05) is 32.4 Å². The fourth-order valence-corrected chi connectivity index (χ4v) is 1.26. The van der Waals surface area contributed by atoms with E-state index < -0.39 is 0 Å². The molecule has 0 aliphatic carbocycles. The van der Waals surface area contributed by atoms with Crippen LogP contribution in [-0.2, 0) is 11.2 Å². The average molecular weight is 208 g/mol. The molecule has 0 spiro atoms. The first-order chi connectivity index (χ1) is 7.22. The number of ether oxygens (including phenoxy) is 1. The lowest BCUT2D eigenvalue weighted by molar-refractivity contribution is 0.106. The second-order valence-corrected chi connectivity index (χ2v) is 4.00. The van der Waals surface area contributed by atoms with E-state index in [4.69, 9.17) is 9.84 Å². The molecule has 0 fully saturated rings. The summed E-state index contributed by atoms with van der Waals surface area (Å²) < 4.78 is 5.56. The normalized spacial score (nSPS) is 12.7. The van der Waals surface area contributed by atoms with Gasteiger partial charge in [-0.3, -0.25) is 0 Å². The van der Waals surface area contributed by atoms with Crippen LogP contribution in [0.5, 0.6) is 5.75 Å². The van der Waals surface area contributed by atoms with Crippen LogP contribution in [0, 0.1) is 5.92 Å². The number of rotatable bonds is 6. The summed E-state index contributed by atoms with van der Waals surface area (Å²) in [5.74, 6) is 0.962. The van der Waals surface area contributed by atoms with Crippen LogP contribution in [0.4, 0.5) is 0 Å². The van der Waals surface area contributed by atoms with Crippen LogP contribution < -0.4 is 0 Å². The smallest absolute Gasteiger partial charge is 0.115 e. The molecule has 0 aliphatic rings. The third-order valence-corrected chi connectivity index (χ3v) is 2.57. The van der Waals surface area contributed by atoms with E-state index in [-0.39, 0.29) is 0 Å². The Bertz CT molecular complexity index is 266. The number of phenolic OH excluding ortho intramolecular Hbond substituents is 1. The van der Waals surface area contributed by atoms with Crippen LogP contribution in [0.15, 0.2) is 24.3 Å². The van der Waals surface area contributed by atoms with Crippen LogP contribution in [0.3, 0.4) is 0 Å². The molecule has 0 bridgehead atoms. The molecule has 1 rings (SSSR count). The summed E-state index contributed by atoms with van der Waals surface area (Å²) in [6.45, 7) is 5.97. The molecule has 1 aromatic rings. The van der Waals surface area contributed by atoms with Gasteiger partial charge in [0, 0.05) is 6.61 Å². The molecule has 0 aliphatic heterocycles. The summed E-state index contributed by atoms with van der Waals surface area (Å²) in [6.07, 6.45) is 2.08. The number of hydrogen-bond donors (Lipinski definition) is 1. The molecule has 1 N–H and O–H groups in total. The van der Waals surface area contributed by atoms with Crippen molar-refractivity contribution in [3.63, 3.8) is 0 Å². The topological polar surface area (TPSA) is 29.5 Å². The van der Waals surface area contributed by atoms with E-state index in [2.05, 4.69) is 13.8 Å². The molecule has 1 unspecified atom stereocenters. The highest BCUT2D eigenvalue weighted by Crippen LogP contribution is 2.10. The van der Waals surface area contributed by atoms with Gasteiger partial charge in [0.25, 0.3) is 0 Å². The molecule has 2 heteroatoms. The summed E-state index contributed by atoms with van der Waals surface area (Å²) in [7, 11) is 0. The van der Waals surface area contributed by atoms with Crippen molar-refractivity contribution in [1.29, 1.82) is 0 Å². The van der Waals surface area contributed by atoms with Gasteiger partial charge in [-0.15, -0.1) is 0 Å². The summed E-state index contributed by atoms with van der Waals surface area (Å²) in [5, 5.41) is 9.10. The molecule has 1 atom stereocenters. The maximum Gasteiger partial charge on any atom is 0.115 e. The lowest BCUT2D eigenvalue weighted by Crippen LogP contribution is -2.07. The maximum absolute atomic E-state index is 9.10. The first-order valence-corrected chi connectivity index (χ1v) is 5.58. The highest BCUT2D eigenvalue weighted by molar-refractivity contribution is 5.25. The Balaban J connectivity index is 2.17. The van der Waals surface area contributed by atoms with E-state index >= 15 is 0 Å². The van der Waals surface area contributed by atoms with Crippen molar-refractivity contribution >= 4 is 0 Å². The molecule has 0 saturated carbocycles. The summed E-state index contributed by atoms with van der Waals surface area (Å²) >= 11 is 0. The zero-order valence-electron chi connectivity index (χ0n) is 9.57. The first-order valence-electron chi connectivity index (χ1n) is 5.58. The fraction of sp³-hybridized carbons (Fsp3) is 0.538. The van der Waals surface area contributed by atoms with Crippen LogP contribution >= 0.6 is 0 Å². The molecule has 15 heavy (non-hydrogen) atoms. The van der Waals surface area contributed by atoms with Gasteiger partial charge in [-0.2, -0.15) is 0 Å². The second-order valence-electron chi connectivity index (χ2n) is 4.00. The maximum atomic E-state index is 9.10. The number of aromatic hydroxyl groups is 1. The minimum atomic E-state index is 0.319.